The molecule has 2 nitrogen and oxygen atoms in total. The van der Waals surface area contributed by atoms with Gasteiger partial charge in [0.05, 0.1) is 19.9 Å². The van der Waals surface area contributed by atoms with E-state index in [-0.39, 0.29) is 24.0 Å². The average molecular weight is 522 g/mol. The first-order valence-corrected chi connectivity index (χ1v) is 7.52. The predicted molar refractivity (Wildman–Crippen MR) is 87.1 cm³/mol. The standard InChI is InChI=1S/C16H9F2IN2.HI/c1-21-12-5-3-2-4-9(12)13(19)15-16(21)10-6-8(17)7-11(18)14(10)20-15;/h2-7H,1H3;1H. The van der Waals surface area contributed by atoms with E-state index in [4.69, 9.17) is 0 Å². The maximum Gasteiger partial charge on any atom is 0.239 e. The summed E-state index contributed by atoms with van der Waals surface area (Å²) >= 11 is 2.25. The third kappa shape index (κ3) is 2.10. The molecule has 2 aromatic heterocycles. The molecule has 0 fully saturated rings. The first-order chi connectivity index (χ1) is 10.1. The Kier molecular flexibility index (Phi) is 4.00. The number of halogens is 4. The van der Waals surface area contributed by atoms with E-state index in [1.807, 2.05) is 35.9 Å². The van der Waals surface area contributed by atoms with E-state index in [2.05, 4.69) is 27.6 Å². The molecule has 4 rings (SSSR count). The minimum absolute atomic E-state index is 0. The quantitative estimate of drug-likeness (QED) is 0.265. The van der Waals surface area contributed by atoms with Crippen molar-refractivity contribution in [1.82, 2.24) is 4.98 Å². The van der Waals surface area contributed by atoms with Gasteiger partial charge in [0.1, 0.15) is 24.2 Å². The average Bonchev–Trinajstić information content (AvgIpc) is 2.85. The number of aromatic amines is 1. The topological polar surface area (TPSA) is 19.7 Å². The number of fused-ring (bicyclic) bond motifs is 4. The maximum atomic E-state index is 14.0. The van der Waals surface area contributed by atoms with E-state index in [9.17, 15) is 8.78 Å². The normalized spacial score (nSPS) is 11.3. The van der Waals surface area contributed by atoms with Crippen molar-refractivity contribution in [2.45, 2.75) is 0 Å². The smallest absolute Gasteiger partial charge is 0.239 e. The fraction of sp³-hybridized carbons (Fsp3) is 0.0625. The van der Waals surface area contributed by atoms with Crippen LogP contribution in [0.3, 0.4) is 0 Å². The first-order valence-electron chi connectivity index (χ1n) is 6.44. The van der Waals surface area contributed by atoms with Crippen molar-refractivity contribution in [2.75, 3.05) is 0 Å². The van der Waals surface area contributed by atoms with Gasteiger partial charge in [-0.05, 0) is 34.7 Å². The van der Waals surface area contributed by atoms with Gasteiger partial charge in [0.25, 0.3) is 0 Å². The van der Waals surface area contributed by atoms with Crippen LogP contribution in [0.25, 0.3) is 32.8 Å². The second-order valence-electron chi connectivity index (χ2n) is 5.05. The number of aromatic nitrogens is 2. The van der Waals surface area contributed by atoms with Gasteiger partial charge in [-0.2, -0.15) is 4.57 Å². The van der Waals surface area contributed by atoms with Gasteiger partial charge < -0.3 is 29.0 Å². The summed E-state index contributed by atoms with van der Waals surface area (Å²) in [4.78, 5) is 3.10. The summed E-state index contributed by atoms with van der Waals surface area (Å²) in [5, 5.41) is 1.65. The highest BCUT2D eigenvalue weighted by molar-refractivity contribution is 14.1. The summed E-state index contributed by atoms with van der Waals surface area (Å²) < 4.78 is 30.6. The van der Waals surface area contributed by atoms with Crippen LogP contribution in [0.5, 0.6) is 0 Å². The molecule has 0 atom stereocenters. The summed E-state index contributed by atoms with van der Waals surface area (Å²) in [6.45, 7) is 0. The SMILES string of the molecule is C[n+]1c2ccccc2c(I)c2[nH]c3c(F)cc(F)cc3c21.[I-]. The molecule has 0 amide bonds. The Labute approximate surface area is 155 Å². The number of hydrogen-bond donors (Lipinski definition) is 1. The molecular formula is C16H10F2I2N2. The molecule has 0 spiro atoms. The number of aryl methyl sites for hydroxylation is 1. The van der Waals surface area contributed by atoms with E-state index in [0.29, 0.717) is 10.9 Å². The van der Waals surface area contributed by atoms with E-state index >= 15 is 0 Å². The van der Waals surface area contributed by atoms with Crippen LogP contribution in [0.15, 0.2) is 36.4 Å². The molecule has 0 saturated carbocycles. The third-order valence-electron chi connectivity index (χ3n) is 3.85. The lowest BCUT2D eigenvalue weighted by atomic mass is 10.1. The highest BCUT2D eigenvalue weighted by Gasteiger charge is 2.23. The van der Waals surface area contributed by atoms with Crippen molar-refractivity contribution in [1.29, 1.82) is 0 Å². The van der Waals surface area contributed by atoms with Crippen LogP contribution in [0.2, 0.25) is 0 Å². The van der Waals surface area contributed by atoms with E-state index in [1.165, 1.54) is 6.07 Å². The van der Waals surface area contributed by atoms with Gasteiger partial charge in [0.2, 0.25) is 11.0 Å². The fourth-order valence-corrected chi connectivity index (χ4v) is 3.77. The fourth-order valence-electron chi connectivity index (χ4n) is 2.92. The Hall–Kier alpha value is -1.03. The number of pyridine rings is 1. The first kappa shape index (κ1) is 15.9. The summed E-state index contributed by atoms with van der Waals surface area (Å²) in [6.07, 6.45) is 0. The lowest BCUT2D eigenvalue weighted by molar-refractivity contribution is -0.616. The molecule has 0 aliphatic heterocycles. The lowest BCUT2D eigenvalue weighted by Gasteiger charge is -2.01. The summed E-state index contributed by atoms with van der Waals surface area (Å²) in [5.74, 6) is -1.13. The Balaban J connectivity index is 0.00000144. The van der Waals surface area contributed by atoms with Crippen LogP contribution in [0.4, 0.5) is 8.78 Å². The second kappa shape index (κ2) is 5.55. The van der Waals surface area contributed by atoms with Crippen molar-refractivity contribution in [3.8, 4) is 0 Å². The number of benzene rings is 2. The van der Waals surface area contributed by atoms with E-state index < -0.39 is 11.6 Å². The minimum Gasteiger partial charge on any atom is -1.00 e. The molecule has 22 heavy (non-hydrogen) atoms. The van der Waals surface area contributed by atoms with Crippen molar-refractivity contribution in [2.24, 2.45) is 7.05 Å². The highest BCUT2D eigenvalue weighted by Crippen LogP contribution is 2.32. The molecule has 1 N–H and O–H groups in total. The zero-order valence-corrected chi connectivity index (χ0v) is 15.7. The molecule has 0 bridgehead atoms. The maximum absolute atomic E-state index is 14.0. The van der Waals surface area contributed by atoms with Crippen molar-refractivity contribution in [3.63, 3.8) is 0 Å². The summed E-state index contributed by atoms with van der Waals surface area (Å²) in [7, 11) is 1.91. The van der Waals surface area contributed by atoms with Gasteiger partial charge in [0.15, 0.2) is 0 Å². The van der Waals surface area contributed by atoms with Gasteiger partial charge >= 0.3 is 0 Å². The van der Waals surface area contributed by atoms with E-state index in [1.54, 1.807) is 0 Å². The monoisotopic (exact) mass is 522 g/mol. The van der Waals surface area contributed by atoms with Crippen LogP contribution >= 0.6 is 22.6 Å². The van der Waals surface area contributed by atoms with E-state index in [0.717, 1.165) is 31.6 Å². The molecule has 0 saturated heterocycles. The number of nitrogens with zero attached hydrogens (tertiary/aromatic N) is 1. The van der Waals surface area contributed by atoms with Crippen LogP contribution in [-0.2, 0) is 7.05 Å². The molecule has 0 aliphatic carbocycles. The Morgan fingerprint density at radius 2 is 1.77 bits per heavy atom. The van der Waals surface area contributed by atoms with Crippen LogP contribution in [0, 0.1) is 15.2 Å². The number of H-pyrrole nitrogens is 1. The van der Waals surface area contributed by atoms with Crippen LogP contribution < -0.4 is 28.5 Å². The summed E-state index contributed by atoms with van der Waals surface area (Å²) in [6, 6.07) is 10.2. The molecule has 2 heterocycles. The van der Waals surface area contributed by atoms with Gasteiger partial charge in [-0.25, -0.2) is 8.78 Å². The van der Waals surface area contributed by atoms with Gasteiger partial charge in [-0.15, -0.1) is 0 Å². The number of nitrogens with one attached hydrogen (secondary N) is 1. The van der Waals surface area contributed by atoms with Gasteiger partial charge in [-0.1, -0.05) is 12.1 Å². The molecule has 112 valence electrons. The van der Waals surface area contributed by atoms with Gasteiger partial charge in [-0.3, -0.25) is 0 Å². The largest absolute Gasteiger partial charge is 1.00 e. The number of para-hydroxylation sites is 1. The van der Waals surface area contributed by atoms with Crippen molar-refractivity contribution in [3.05, 3.63) is 51.6 Å². The molecule has 2 aromatic carbocycles. The zero-order valence-electron chi connectivity index (χ0n) is 11.4. The highest BCUT2D eigenvalue weighted by atomic mass is 127. The Morgan fingerprint density at radius 1 is 1.05 bits per heavy atom. The minimum atomic E-state index is -0.568. The summed E-state index contributed by atoms with van der Waals surface area (Å²) in [5.41, 5.74) is 3.01. The molecule has 0 unspecified atom stereocenters. The van der Waals surface area contributed by atoms with Crippen LogP contribution in [-0.4, -0.2) is 4.98 Å². The van der Waals surface area contributed by atoms with Gasteiger partial charge in [0, 0.05) is 12.1 Å². The molecule has 0 aliphatic rings. The Morgan fingerprint density at radius 3 is 2.55 bits per heavy atom. The lowest BCUT2D eigenvalue weighted by Crippen LogP contribution is -3.00. The third-order valence-corrected chi connectivity index (χ3v) is 4.97. The van der Waals surface area contributed by atoms with Crippen molar-refractivity contribution < 1.29 is 37.3 Å². The molecular weight excluding hydrogens is 512 g/mol. The predicted octanol–water partition coefficient (Wildman–Crippen LogP) is 1.19. The second-order valence-corrected chi connectivity index (χ2v) is 6.13. The molecule has 4 aromatic rings. The molecule has 0 radical (unpaired) electrons. The van der Waals surface area contributed by atoms with Crippen molar-refractivity contribution >= 4 is 55.4 Å². The number of hydrogen-bond acceptors (Lipinski definition) is 0. The number of rotatable bonds is 0. The zero-order chi connectivity index (χ0) is 14.7. The Bertz CT molecular complexity index is 1040. The van der Waals surface area contributed by atoms with Crippen LogP contribution in [0.1, 0.15) is 0 Å². The molecule has 6 heteroatoms.